The lowest BCUT2D eigenvalue weighted by molar-refractivity contribution is 0.927. The zero-order valence-electron chi connectivity index (χ0n) is 11.0. The van der Waals surface area contributed by atoms with Gasteiger partial charge < -0.3 is 4.90 Å². The van der Waals surface area contributed by atoms with Gasteiger partial charge in [0.2, 0.25) is 0 Å². The monoisotopic (exact) mass is 247 g/mol. The molecule has 3 rings (SSSR count). The summed E-state index contributed by atoms with van der Waals surface area (Å²) < 4.78 is 0. The molecule has 0 radical (unpaired) electrons. The van der Waals surface area contributed by atoms with Gasteiger partial charge in [-0.1, -0.05) is 66.8 Å². The van der Waals surface area contributed by atoms with Crippen molar-refractivity contribution in [2.45, 2.75) is 6.04 Å². The number of hydrogen-bond acceptors (Lipinski definition) is 1. The smallest absolute Gasteiger partial charge is 0.0666 e. The first kappa shape index (κ1) is 11.8. The summed E-state index contributed by atoms with van der Waals surface area (Å²) in [4.78, 5) is 2.28. The van der Waals surface area contributed by atoms with Gasteiger partial charge in [-0.25, -0.2) is 0 Å². The number of likely N-dealkylation sites (N-methyl/N-ethyl adjacent to an activating group) is 1. The molecule has 0 fully saturated rings. The van der Waals surface area contributed by atoms with Gasteiger partial charge in [-0.15, -0.1) is 0 Å². The number of rotatable bonds is 2. The molecule has 1 unspecified atom stereocenters. The Labute approximate surface area is 113 Å². The molecule has 0 saturated heterocycles. The molecule has 1 atom stereocenters. The summed E-state index contributed by atoms with van der Waals surface area (Å²) in [6, 6.07) is 19.3. The Balaban J connectivity index is 2.01. The van der Waals surface area contributed by atoms with Crippen molar-refractivity contribution in [2.24, 2.45) is 0 Å². The van der Waals surface area contributed by atoms with E-state index in [2.05, 4.69) is 84.8 Å². The van der Waals surface area contributed by atoms with E-state index in [9.17, 15) is 0 Å². The Morgan fingerprint density at radius 1 is 0.842 bits per heavy atom. The van der Waals surface area contributed by atoms with Crippen LogP contribution in [0.4, 0.5) is 5.69 Å². The molecule has 94 valence electrons. The van der Waals surface area contributed by atoms with Crippen molar-refractivity contribution in [1.29, 1.82) is 0 Å². The summed E-state index contributed by atoms with van der Waals surface area (Å²) in [5.74, 6) is 0. The largest absolute Gasteiger partial charge is 0.365 e. The number of nitrogens with zero attached hydrogens (tertiary/aromatic N) is 1. The predicted octanol–water partition coefficient (Wildman–Crippen LogP) is 2.32. The standard InChI is InChI=1S/C18H17N/c1-19(17-11-3-2-4-12-17)18-13-7-10-15-8-5-6-9-16(15)14-18/h2-14,18H,1H3. The lowest BCUT2D eigenvalue weighted by Crippen LogP contribution is -2.32. The molecule has 1 aliphatic rings. The van der Waals surface area contributed by atoms with Crippen molar-refractivity contribution >= 4 is 17.8 Å². The molecule has 2 aromatic rings. The quantitative estimate of drug-likeness (QED) is 0.787. The summed E-state index contributed by atoms with van der Waals surface area (Å²) in [7, 11) is 2.13. The fourth-order valence-corrected chi connectivity index (χ4v) is 2.40. The van der Waals surface area contributed by atoms with Crippen molar-refractivity contribution in [3.63, 3.8) is 0 Å². The Morgan fingerprint density at radius 3 is 2.32 bits per heavy atom. The first-order chi connectivity index (χ1) is 9.34. The van der Waals surface area contributed by atoms with Gasteiger partial charge >= 0.3 is 0 Å². The minimum absolute atomic E-state index is 0.280. The highest BCUT2D eigenvalue weighted by Crippen LogP contribution is 2.16. The molecule has 19 heavy (non-hydrogen) atoms. The predicted molar refractivity (Wildman–Crippen MR) is 82.4 cm³/mol. The highest BCUT2D eigenvalue weighted by molar-refractivity contribution is 5.57. The van der Waals surface area contributed by atoms with Crippen molar-refractivity contribution < 1.29 is 0 Å². The van der Waals surface area contributed by atoms with Crippen LogP contribution in [0, 0.1) is 0 Å². The van der Waals surface area contributed by atoms with Gasteiger partial charge in [-0.2, -0.15) is 0 Å². The Bertz CT molecular complexity index is 698. The zero-order chi connectivity index (χ0) is 13.1. The van der Waals surface area contributed by atoms with Gasteiger partial charge in [0, 0.05) is 12.7 Å². The van der Waals surface area contributed by atoms with Gasteiger partial charge in [0.25, 0.3) is 0 Å². The second-order valence-electron chi connectivity index (χ2n) is 4.78. The summed E-state index contributed by atoms with van der Waals surface area (Å²) >= 11 is 0. The van der Waals surface area contributed by atoms with Crippen molar-refractivity contribution in [3.8, 4) is 0 Å². The van der Waals surface area contributed by atoms with E-state index in [1.54, 1.807) is 0 Å². The molecule has 1 heteroatoms. The summed E-state index contributed by atoms with van der Waals surface area (Å²) in [6.45, 7) is 0. The molecular weight excluding hydrogens is 230 g/mol. The SMILES string of the molecule is CN(c1ccccc1)C1C=CC=c2ccccc2=C1. The minimum Gasteiger partial charge on any atom is -0.365 e. The summed E-state index contributed by atoms with van der Waals surface area (Å²) in [6.07, 6.45) is 8.85. The fourth-order valence-electron chi connectivity index (χ4n) is 2.40. The second kappa shape index (κ2) is 5.15. The number of para-hydroxylation sites is 1. The van der Waals surface area contributed by atoms with Crippen LogP contribution in [0.15, 0.2) is 66.7 Å². The Kier molecular flexibility index (Phi) is 3.20. The molecule has 0 bridgehead atoms. The van der Waals surface area contributed by atoms with Crippen LogP contribution in [-0.2, 0) is 0 Å². The molecule has 0 spiro atoms. The minimum atomic E-state index is 0.280. The van der Waals surface area contributed by atoms with Crippen LogP contribution in [-0.4, -0.2) is 13.1 Å². The third-order valence-electron chi connectivity index (χ3n) is 3.54. The number of anilines is 1. The van der Waals surface area contributed by atoms with E-state index < -0.39 is 0 Å². The molecule has 1 aliphatic carbocycles. The van der Waals surface area contributed by atoms with Crippen LogP contribution in [0.25, 0.3) is 12.2 Å². The topological polar surface area (TPSA) is 3.24 Å². The first-order valence-electron chi connectivity index (χ1n) is 6.58. The van der Waals surface area contributed by atoms with E-state index in [1.165, 1.54) is 16.1 Å². The first-order valence-corrected chi connectivity index (χ1v) is 6.58. The second-order valence-corrected chi connectivity index (χ2v) is 4.78. The zero-order valence-corrected chi connectivity index (χ0v) is 11.0. The molecular formula is C18H17N. The van der Waals surface area contributed by atoms with Crippen molar-refractivity contribution in [3.05, 3.63) is 77.2 Å². The van der Waals surface area contributed by atoms with E-state index in [0.717, 1.165) is 0 Å². The summed E-state index contributed by atoms with van der Waals surface area (Å²) in [5, 5.41) is 2.57. The van der Waals surface area contributed by atoms with Crippen LogP contribution in [0.3, 0.4) is 0 Å². The lowest BCUT2D eigenvalue weighted by Gasteiger charge is -2.25. The van der Waals surface area contributed by atoms with Gasteiger partial charge in [0.15, 0.2) is 0 Å². The molecule has 0 aromatic heterocycles. The van der Waals surface area contributed by atoms with Crippen molar-refractivity contribution in [2.75, 3.05) is 11.9 Å². The number of fused-ring (bicyclic) bond motifs is 1. The molecule has 0 N–H and O–H groups in total. The van der Waals surface area contributed by atoms with E-state index in [1.807, 2.05) is 6.07 Å². The Morgan fingerprint density at radius 2 is 1.53 bits per heavy atom. The average molecular weight is 247 g/mol. The van der Waals surface area contributed by atoms with Crippen LogP contribution in [0.2, 0.25) is 0 Å². The maximum Gasteiger partial charge on any atom is 0.0666 e. The molecule has 0 amide bonds. The normalized spacial score (nSPS) is 16.8. The third kappa shape index (κ3) is 2.45. The van der Waals surface area contributed by atoms with E-state index in [-0.39, 0.29) is 6.04 Å². The van der Waals surface area contributed by atoms with Crippen LogP contribution in [0.5, 0.6) is 0 Å². The maximum absolute atomic E-state index is 2.31. The molecule has 0 aliphatic heterocycles. The maximum atomic E-state index is 2.31. The van der Waals surface area contributed by atoms with Crippen molar-refractivity contribution in [1.82, 2.24) is 0 Å². The van der Waals surface area contributed by atoms with Gasteiger partial charge in [0.05, 0.1) is 6.04 Å². The Hall–Kier alpha value is -2.28. The number of allylic oxidation sites excluding steroid dienone is 1. The molecule has 0 saturated carbocycles. The summed E-state index contributed by atoms with van der Waals surface area (Å²) in [5.41, 5.74) is 1.23. The van der Waals surface area contributed by atoms with Gasteiger partial charge in [-0.3, -0.25) is 0 Å². The fraction of sp³-hybridized carbons (Fsp3) is 0.111. The highest BCUT2D eigenvalue weighted by atomic mass is 15.1. The highest BCUT2D eigenvalue weighted by Gasteiger charge is 2.09. The third-order valence-corrected chi connectivity index (χ3v) is 3.54. The van der Waals surface area contributed by atoms with E-state index in [0.29, 0.717) is 0 Å². The number of benzene rings is 2. The number of hydrogen-bond donors (Lipinski definition) is 0. The van der Waals surface area contributed by atoms with Crippen LogP contribution in [0.1, 0.15) is 0 Å². The molecule has 0 heterocycles. The van der Waals surface area contributed by atoms with Gasteiger partial charge in [0.1, 0.15) is 0 Å². The molecule has 1 nitrogen and oxygen atoms in total. The average Bonchev–Trinajstić information content (AvgIpc) is 2.69. The van der Waals surface area contributed by atoms with Gasteiger partial charge in [-0.05, 0) is 22.6 Å². The van der Waals surface area contributed by atoms with Crippen LogP contribution >= 0.6 is 0 Å². The molecule has 2 aromatic carbocycles. The van der Waals surface area contributed by atoms with Crippen LogP contribution < -0.4 is 15.3 Å². The lowest BCUT2D eigenvalue weighted by atomic mass is 10.1. The van der Waals surface area contributed by atoms with E-state index >= 15 is 0 Å². The van der Waals surface area contributed by atoms with E-state index in [4.69, 9.17) is 0 Å².